The molecular weight excluding hydrogens is 402 g/mol. The van der Waals surface area contributed by atoms with Crippen molar-refractivity contribution in [3.8, 4) is 5.75 Å². The number of carbonyl (C=O) groups excluding carboxylic acids is 2. The maximum absolute atomic E-state index is 13.8. The first-order chi connectivity index (χ1) is 15.5. The quantitative estimate of drug-likeness (QED) is 0.646. The Morgan fingerprint density at radius 2 is 1.84 bits per heavy atom. The second kappa shape index (κ2) is 8.01. The number of amides is 2. The molecule has 6 heteroatoms. The molecule has 1 aliphatic carbocycles. The Labute approximate surface area is 188 Å². The predicted octanol–water partition coefficient (Wildman–Crippen LogP) is 4.52. The van der Waals surface area contributed by atoms with Crippen molar-refractivity contribution in [3.63, 3.8) is 0 Å². The molecule has 3 aromatic rings. The van der Waals surface area contributed by atoms with Crippen molar-refractivity contribution in [3.05, 3.63) is 60.3 Å². The van der Waals surface area contributed by atoms with E-state index in [-0.39, 0.29) is 17.9 Å². The molecule has 1 fully saturated rings. The molecule has 2 heterocycles. The highest BCUT2D eigenvalue weighted by Gasteiger charge is 2.49. The van der Waals surface area contributed by atoms with Crippen LogP contribution in [0, 0.1) is 0 Å². The number of rotatable bonds is 5. The van der Waals surface area contributed by atoms with Gasteiger partial charge in [-0.3, -0.25) is 14.5 Å². The fourth-order valence-electron chi connectivity index (χ4n) is 5.12. The standard InChI is InChI=1S/C26H29N3O3/c1-3-32-21-14-12-20(13-15-21)29-24(30)23-16-18-8-4-7-11-22(18)28(23)17-26(29,2)25(31)27-19-9-5-6-10-19/h4,7-8,11-16,19H,3,5-6,9-10,17H2,1-2H3,(H,27,31)/t26-/m1/s1. The largest absolute Gasteiger partial charge is 0.494 e. The van der Waals surface area contributed by atoms with E-state index in [4.69, 9.17) is 4.74 Å². The van der Waals surface area contributed by atoms with Crippen LogP contribution < -0.4 is 15.0 Å². The molecule has 32 heavy (non-hydrogen) atoms. The predicted molar refractivity (Wildman–Crippen MR) is 125 cm³/mol. The average Bonchev–Trinajstić information content (AvgIpc) is 3.43. The molecule has 1 N–H and O–H groups in total. The van der Waals surface area contributed by atoms with E-state index in [0.29, 0.717) is 24.5 Å². The molecule has 0 saturated heterocycles. The fraction of sp³-hybridized carbons (Fsp3) is 0.385. The molecule has 1 atom stereocenters. The molecular formula is C26H29N3O3. The van der Waals surface area contributed by atoms with Gasteiger partial charge in [0.1, 0.15) is 17.0 Å². The van der Waals surface area contributed by atoms with Crippen molar-refractivity contribution in [2.24, 2.45) is 0 Å². The topological polar surface area (TPSA) is 63.6 Å². The molecule has 0 bridgehead atoms. The van der Waals surface area contributed by atoms with Crippen molar-refractivity contribution >= 4 is 28.4 Å². The summed E-state index contributed by atoms with van der Waals surface area (Å²) in [7, 11) is 0. The third-order valence-corrected chi connectivity index (χ3v) is 6.78. The average molecular weight is 432 g/mol. The summed E-state index contributed by atoms with van der Waals surface area (Å²) in [4.78, 5) is 29.2. The Bertz CT molecular complexity index is 1160. The van der Waals surface area contributed by atoms with Crippen LogP contribution in [-0.2, 0) is 11.3 Å². The molecule has 1 saturated carbocycles. The molecule has 1 aromatic heterocycles. The first-order valence-electron chi connectivity index (χ1n) is 11.5. The van der Waals surface area contributed by atoms with Crippen molar-refractivity contribution in [1.29, 1.82) is 0 Å². The molecule has 2 amide bonds. The summed E-state index contributed by atoms with van der Waals surface area (Å²) in [6, 6.07) is 17.5. The maximum Gasteiger partial charge on any atom is 0.275 e. The van der Waals surface area contributed by atoms with E-state index in [1.165, 1.54) is 0 Å². The number of benzene rings is 2. The summed E-state index contributed by atoms with van der Waals surface area (Å²) in [5.41, 5.74) is 1.22. The Morgan fingerprint density at radius 1 is 1.12 bits per heavy atom. The molecule has 5 rings (SSSR count). The van der Waals surface area contributed by atoms with Crippen molar-refractivity contribution in [2.45, 2.75) is 57.7 Å². The third-order valence-electron chi connectivity index (χ3n) is 6.78. The number of fused-ring (bicyclic) bond motifs is 3. The zero-order valence-electron chi connectivity index (χ0n) is 18.6. The van der Waals surface area contributed by atoms with Gasteiger partial charge in [0.15, 0.2) is 0 Å². The normalized spacial score (nSPS) is 21.1. The van der Waals surface area contributed by atoms with Crippen molar-refractivity contribution < 1.29 is 14.3 Å². The molecule has 0 radical (unpaired) electrons. The van der Waals surface area contributed by atoms with E-state index < -0.39 is 5.54 Å². The van der Waals surface area contributed by atoms with Gasteiger partial charge in [0, 0.05) is 22.6 Å². The van der Waals surface area contributed by atoms with E-state index in [2.05, 4.69) is 5.32 Å². The van der Waals surface area contributed by atoms with Crippen LogP contribution in [0.2, 0.25) is 0 Å². The molecule has 2 aliphatic rings. The van der Waals surface area contributed by atoms with Gasteiger partial charge < -0.3 is 14.6 Å². The minimum atomic E-state index is -1.05. The number of para-hydroxylation sites is 1. The molecule has 2 aromatic carbocycles. The zero-order valence-corrected chi connectivity index (χ0v) is 18.6. The number of anilines is 1. The Kier molecular flexibility index (Phi) is 5.16. The van der Waals surface area contributed by atoms with Crippen LogP contribution in [0.4, 0.5) is 5.69 Å². The van der Waals surface area contributed by atoms with Crippen LogP contribution in [0.25, 0.3) is 10.9 Å². The number of hydrogen-bond acceptors (Lipinski definition) is 3. The van der Waals surface area contributed by atoms with Crippen molar-refractivity contribution in [2.75, 3.05) is 11.5 Å². The molecule has 0 unspecified atom stereocenters. The zero-order chi connectivity index (χ0) is 22.3. The van der Waals surface area contributed by atoms with E-state index >= 15 is 0 Å². The van der Waals surface area contributed by atoms with Crippen LogP contribution in [0.15, 0.2) is 54.6 Å². The summed E-state index contributed by atoms with van der Waals surface area (Å²) < 4.78 is 7.57. The Morgan fingerprint density at radius 3 is 2.56 bits per heavy atom. The van der Waals surface area contributed by atoms with Crippen LogP contribution in [0.3, 0.4) is 0 Å². The van der Waals surface area contributed by atoms with Gasteiger partial charge in [0.05, 0.1) is 13.2 Å². The summed E-state index contributed by atoms with van der Waals surface area (Å²) in [6.07, 6.45) is 4.26. The van der Waals surface area contributed by atoms with Gasteiger partial charge in [-0.15, -0.1) is 0 Å². The third kappa shape index (κ3) is 3.34. The lowest BCUT2D eigenvalue weighted by atomic mass is 9.93. The van der Waals surface area contributed by atoms with Gasteiger partial charge in [-0.05, 0) is 63.1 Å². The molecule has 0 spiro atoms. The highest BCUT2D eigenvalue weighted by Crippen LogP contribution is 2.36. The van der Waals surface area contributed by atoms with Crippen LogP contribution in [0.5, 0.6) is 5.75 Å². The monoisotopic (exact) mass is 431 g/mol. The SMILES string of the molecule is CCOc1ccc(N2C(=O)c3cc4ccccc4n3C[C@]2(C)C(=O)NC2CCCC2)cc1. The number of nitrogens with one attached hydrogen (secondary N) is 1. The number of carbonyl (C=O) groups is 2. The minimum absolute atomic E-state index is 0.102. The minimum Gasteiger partial charge on any atom is -0.494 e. The second-order valence-corrected chi connectivity index (χ2v) is 8.97. The highest BCUT2D eigenvalue weighted by molar-refractivity contribution is 6.14. The van der Waals surface area contributed by atoms with E-state index in [9.17, 15) is 9.59 Å². The summed E-state index contributed by atoms with van der Waals surface area (Å²) >= 11 is 0. The summed E-state index contributed by atoms with van der Waals surface area (Å²) in [5, 5.41) is 4.24. The number of aromatic nitrogens is 1. The maximum atomic E-state index is 13.8. The molecule has 6 nitrogen and oxygen atoms in total. The van der Waals surface area contributed by atoms with Gasteiger partial charge in [-0.2, -0.15) is 0 Å². The fourth-order valence-corrected chi connectivity index (χ4v) is 5.12. The lowest BCUT2D eigenvalue weighted by molar-refractivity contribution is -0.127. The van der Waals surface area contributed by atoms with Crippen molar-refractivity contribution in [1.82, 2.24) is 9.88 Å². The van der Waals surface area contributed by atoms with E-state index in [0.717, 1.165) is 42.3 Å². The Hall–Kier alpha value is -3.28. The van der Waals surface area contributed by atoms with Gasteiger partial charge in [-0.25, -0.2) is 0 Å². The van der Waals surface area contributed by atoms with Gasteiger partial charge >= 0.3 is 0 Å². The lowest BCUT2D eigenvalue weighted by Crippen LogP contribution is -2.65. The summed E-state index contributed by atoms with van der Waals surface area (Å²) in [5.74, 6) is 0.475. The van der Waals surface area contributed by atoms with E-state index in [1.54, 1.807) is 4.90 Å². The summed E-state index contributed by atoms with van der Waals surface area (Å²) in [6.45, 7) is 4.78. The number of hydrogen-bond donors (Lipinski definition) is 1. The first kappa shape index (κ1) is 20.6. The number of ether oxygens (including phenoxy) is 1. The van der Waals surface area contributed by atoms with Gasteiger partial charge in [-0.1, -0.05) is 31.0 Å². The Balaban J connectivity index is 1.60. The first-order valence-corrected chi connectivity index (χ1v) is 11.5. The second-order valence-electron chi connectivity index (χ2n) is 8.97. The molecule has 166 valence electrons. The lowest BCUT2D eigenvalue weighted by Gasteiger charge is -2.44. The number of nitrogens with zero attached hydrogens (tertiary/aromatic N) is 2. The highest BCUT2D eigenvalue weighted by atomic mass is 16.5. The molecule has 1 aliphatic heterocycles. The van der Waals surface area contributed by atoms with Gasteiger partial charge in [0.2, 0.25) is 5.91 Å². The van der Waals surface area contributed by atoms with Crippen LogP contribution in [-0.4, -0.2) is 34.6 Å². The van der Waals surface area contributed by atoms with Gasteiger partial charge in [0.25, 0.3) is 5.91 Å². The van der Waals surface area contributed by atoms with Crippen LogP contribution in [0.1, 0.15) is 50.0 Å². The van der Waals surface area contributed by atoms with Crippen LogP contribution >= 0.6 is 0 Å². The van der Waals surface area contributed by atoms with E-state index in [1.807, 2.05) is 73.0 Å². The smallest absolute Gasteiger partial charge is 0.275 e.